The number of oxazole rings is 1. The Morgan fingerprint density at radius 2 is 2.25 bits per heavy atom. The van der Waals surface area contributed by atoms with Crippen LogP contribution in [-0.4, -0.2) is 50.8 Å². The highest BCUT2D eigenvalue weighted by molar-refractivity contribution is 7.89. The fourth-order valence-corrected chi connectivity index (χ4v) is 3.07. The predicted molar refractivity (Wildman–Crippen MR) is 81.1 cm³/mol. The number of primary sulfonamides is 1. The van der Waals surface area contributed by atoms with Gasteiger partial charge in [0.25, 0.3) is 5.69 Å². The fraction of sp³-hybridized carbons (Fsp3) is 0.417. The number of nitrogens with one attached hydrogen (secondary N) is 1. The second-order valence-corrected chi connectivity index (χ2v) is 6.58. The van der Waals surface area contributed by atoms with Crippen molar-refractivity contribution in [1.82, 2.24) is 4.98 Å². The number of rotatable bonds is 5. The van der Waals surface area contributed by atoms with E-state index >= 15 is 0 Å². The number of aromatic nitrogens is 1. The number of ether oxygens (including phenoxy) is 2. The third-order valence-electron chi connectivity index (χ3n) is 3.45. The molecular weight excluding hydrogens is 344 g/mol. The molecule has 1 aromatic carbocycles. The topological polar surface area (TPSA) is 160 Å². The van der Waals surface area contributed by atoms with Crippen LogP contribution in [0.5, 0.6) is 0 Å². The lowest BCUT2D eigenvalue weighted by atomic mass is 10.2. The molecule has 1 aromatic heterocycles. The third-order valence-corrected chi connectivity index (χ3v) is 4.37. The fourth-order valence-electron chi connectivity index (χ4n) is 2.38. The summed E-state index contributed by atoms with van der Waals surface area (Å²) in [5.41, 5.74) is -0.620. The van der Waals surface area contributed by atoms with Gasteiger partial charge in [-0.05, 0) is 0 Å². The van der Waals surface area contributed by atoms with Crippen molar-refractivity contribution in [3.05, 3.63) is 22.6 Å². The van der Waals surface area contributed by atoms with Crippen LogP contribution >= 0.6 is 0 Å². The zero-order valence-corrected chi connectivity index (χ0v) is 13.1. The van der Waals surface area contributed by atoms with Crippen molar-refractivity contribution in [2.24, 2.45) is 5.14 Å². The molecule has 11 nitrogen and oxygen atoms in total. The Morgan fingerprint density at radius 1 is 1.46 bits per heavy atom. The van der Waals surface area contributed by atoms with Gasteiger partial charge >= 0.3 is 0 Å². The molecule has 24 heavy (non-hydrogen) atoms. The molecule has 1 atom stereocenters. The van der Waals surface area contributed by atoms with Crippen molar-refractivity contribution in [3.63, 3.8) is 0 Å². The largest absolute Gasteiger partial charge is 0.441 e. The minimum absolute atomic E-state index is 0.00840. The molecule has 0 saturated carbocycles. The summed E-state index contributed by atoms with van der Waals surface area (Å²) in [7, 11) is -4.21. The van der Waals surface area contributed by atoms with Crippen molar-refractivity contribution in [2.75, 3.05) is 31.7 Å². The van der Waals surface area contributed by atoms with Crippen LogP contribution in [0.1, 0.15) is 0 Å². The smallest absolute Gasteiger partial charge is 0.297 e. The van der Waals surface area contributed by atoms with E-state index in [1.165, 1.54) is 0 Å². The van der Waals surface area contributed by atoms with E-state index in [4.69, 9.17) is 19.0 Å². The molecule has 0 bridgehead atoms. The summed E-state index contributed by atoms with van der Waals surface area (Å²) in [6, 6.07) is 0.862. The highest BCUT2D eigenvalue weighted by Gasteiger charge is 2.28. The van der Waals surface area contributed by atoms with Crippen LogP contribution in [-0.2, 0) is 19.5 Å². The van der Waals surface area contributed by atoms with E-state index in [2.05, 4.69) is 10.3 Å². The minimum atomic E-state index is -4.21. The van der Waals surface area contributed by atoms with Gasteiger partial charge in [-0.15, -0.1) is 0 Å². The molecular formula is C12H14N4O7S. The first-order chi connectivity index (χ1) is 11.4. The molecule has 130 valence electrons. The lowest BCUT2D eigenvalue weighted by Crippen LogP contribution is -2.34. The zero-order valence-electron chi connectivity index (χ0n) is 12.3. The molecule has 1 aliphatic heterocycles. The highest BCUT2D eigenvalue weighted by atomic mass is 32.2. The molecule has 0 spiro atoms. The Morgan fingerprint density at radius 3 is 2.88 bits per heavy atom. The van der Waals surface area contributed by atoms with Crippen molar-refractivity contribution >= 4 is 32.5 Å². The quantitative estimate of drug-likeness (QED) is 0.562. The Kier molecular flexibility index (Phi) is 4.36. The van der Waals surface area contributed by atoms with Gasteiger partial charge < -0.3 is 19.2 Å². The predicted octanol–water partition coefficient (Wildman–Crippen LogP) is 0.211. The molecule has 2 aromatic rings. The first-order valence-corrected chi connectivity index (χ1v) is 8.43. The molecule has 0 amide bonds. The Bertz CT molecular complexity index is 873. The standard InChI is InChI=1S/C12H14N4O7S/c13-24(19,20)9-3-8(16(17)18)10(12-11(9)15-6-23-12)14-4-7-5-21-1-2-22-7/h3,6-7,14H,1-2,4-5H2,(H2,13,19,20). The summed E-state index contributed by atoms with van der Waals surface area (Å²) in [5, 5.41) is 19.3. The first kappa shape index (κ1) is 16.6. The maximum Gasteiger partial charge on any atom is 0.297 e. The van der Waals surface area contributed by atoms with E-state index in [9.17, 15) is 18.5 Å². The Labute approximate surface area is 135 Å². The van der Waals surface area contributed by atoms with Gasteiger partial charge in [0.05, 0.1) is 30.8 Å². The molecule has 1 saturated heterocycles. The summed E-state index contributed by atoms with van der Waals surface area (Å²) >= 11 is 0. The number of nitro benzene ring substituents is 1. The number of nitro groups is 1. The van der Waals surface area contributed by atoms with Crippen molar-refractivity contribution < 1.29 is 27.2 Å². The number of anilines is 1. The molecule has 12 heteroatoms. The van der Waals surface area contributed by atoms with Crippen molar-refractivity contribution in [2.45, 2.75) is 11.0 Å². The zero-order chi connectivity index (χ0) is 17.3. The van der Waals surface area contributed by atoms with Crippen LogP contribution in [0, 0.1) is 10.1 Å². The molecule has 0 aliphatic carbocycles. The average Bonchev–Trinajstić information content (AvgIpc) is 3.01. The maximum absolute atomic E-state index is 11.7. The van der Waals surface area contributed by atoms with Gasteiger partial charge in [0.15, 0.2) is 17.7 Å². The van der Waals surface area contributed by atoms with Gasteiger partial charge in [-0.25, -0.2) is 18.5 Å². The average molecular weight is 358 g/mol. The number of nitrogens with two attached hydrogens (primary N) is 1. The molecule has 1 aliphatic rings. The summed E-state index contributed by atoms with van der Waals surface area (Å²) in [6.07, 6.45) is 0.698. The van der Waals surface area contributed by atoms with Crippen LogP contribution in [0.25, 0.3) is 11.1 Å². The second kappa shape index (κ2) is 6.32. The maximum atomic E-state index is 11.7. The van der Waals surface area contributed by atoms with Crippen LogP contribution in [0.4, 0.5) is 11.4 Å². The van der Waals surface area contributed by atoms with E-state index in [0.29, 0.717) is 19.8 Å². The lowest BCUT2D eigenvalue weighted by Gasteiger charge is -2.23. The van der Waals surface area contributed by atoms with Gasteiger partial charge in [-0.3, -0.25) is 10.1 Å². The van der Waals surface area contributed by atoms with E-state index in [1.807, 2.05) is 0 Å². The van der Waals surface area contributed by atoms with Gasteiger partial charge in [0, 0.05) is 12.6 Å². The number of fused-ring (bicyclic) bond motifs is 1. The summed E-state index contributed by atoms with van der Waals surface area (Å²) in [4.78, 5) is 13.9. The molecule has 3 rings (SSSR count). The summed E-state index contributed by atoms with van der Waals surface area (Å²) < 4.78 is 39.2. The third kappa shape index (κ3) is 3.17. The van der Waals surface area contributed by atoms with Crippen LogP contribution < -0.4 is 10.5 Å². The molecule has 2 heterocycles. The van der Waals surface area contributed by atoms with E-state index in [-0.39, 0.29) is 29.4 Å². The van der Waals surface area contributed by atoms with Crippen LogP contribution in [0.2, 0.25) is 0 Å². The number of benzene rings is 1. The molecule has 1 fully saturated rings. The number of hydrogen-bond acceptors (Lipinski definition) is 9. The monoisotopic (exact) mass is 358 g/mol. The number of sulfonamides is 1. The Balaban J connectivity index is 2.04. The van der Waals surface area contributed by atoms with Gasteiger partial charge in [-0.1, -0.05) is 0 Å². The molecule has 3 N–H and O–H groups in total. The van der Waals surface area contributed by atoms with Crippen molar-refractivity contribution in [1.29, 1.82) is 0 Å². The minimum Gasteiger partial charge on any atom is -0.441 e. The first-order valence-electron chi connectivity index (χ1n) is 6.88. The van der Waals surface area contributed by atoms with E-state index in [1.54, 1.807) is 0 Å². The molecule has 0 radical (unpaired) electrons. The van der Waals surface area contributed by atoms with Crippen LogP contribution in [0.3, 0.4) is 0 Å². The van der Waals surface area contributed by atoms with Gasteiger partial charge in [0.1, 0.15) is 10.4 Å². The SMILES string of the molecule is NS(=O)(=O)c1cc([N+](=O)[O-])c(NCC2COCCO2)c2ocnc12. The van der Waals surface area contributed by atoms with E-state index in [0.717, 1.165) is 12.5 Å². The Hall–Kier alpha value is -2.28. The highest BCUT2D eigenvalue weighted by Crippen LogP contribution is 2.36. The molecule has 1 unspecified atom stereocenters. The van der Waals surface area contributed by atoms with Gasteiger partial charge in [0.2, 0.25) is 10.0 Å². The van der Waals surface area contributed by atoms with E-state index < -0.39 is 25.5 Å². The summed E-state index contributed by atoms with van der Waals surface area (Å²) in [6.45, 7) is 1.48. The van der Waals surface area contributed by atoms with Crippen molar-refractivity contribution in [3.8, 4) is 0 Å². The summed E-state index contributed by atoms with van der Waals surface area (Å²) in [5.74, 6) is 0. The second-order valence-electron chi connectivity index (χ2n) is 5.05. The lowest BCUT2D eigenvalue weighted by molar-refractivity contribution is -0.384. The van der Waals surface area contributed by atoms with Gasteiger partial charge in [-0.2, -0.15) is 0 Å². The number of nitrogens with zero attached hydrogens (tertiary/aromatic N) is 2. The number of hydrogen-bond donors (Lipinski definition) is 2. The van der Waals surface area contributed by atoms with Crippen LogP contribution in [0.15, 0.2) is 21.8 Å². The normalized spacial score (nSPS) is 18.6.